The van der Waals surface area contributed by atoms with Crippen LogP contribution in [-0.2, 0) is 17.8 Å². The molecule has 0 aliphatic rings. The number of nitrogens with zero attached hydrogens (tertiary/aromatic N) is 2. The molecule has 0 radical (unpaired) electrons. The topological polar surface area (TPSA) is 46.9 Å². The molecule has 0 saturated heterocycles. The molecule has 0 bridgehead atoms. The average Bonchev–Trinajstić information content (AvgIpc) is 3.08. The fourth-order valence-electron chi connectivity index (χ4n) is 3.30. The molecule has 1 aromatic heterocycles. The van der Waals surface area contributed by atoms with Gasteiger partial charge in [-0.3, -0.25) is 4.90 Å². The van der Waals surface area contributed by atoms with E-state index in [4.69, 9.17) is 9.47 Å². The summed E-state index contributed by atoms with van der Waals surface area (Å²) in [5, 5.41) is 10.3. The Morgan fingerprint density at radius 3 is 2.75 bits per heavy atom. The van der Waals surface area contributed by atoms with Crippen LogP contribution in [0.25, 0.3) is 0 Å². The summed E-state index contributed by atoms with van der Waals surface area (Å²) in [7, 11) is 1.69. The van der Waals surface area contributed by atoms with Gasteiger partial charge in [-0.1, -0.05) is 32.1 Å². The summed E-state index contributed by atoms with van der Waals surface area (Å²) in [5.41, 5.74) is 2.42. The standard InChI is InChI=1S/C23H34N2O3/c1-5-12-28-18-22(26)17-24(14-19(2)3)16-21-9-7-11-25(21)15-20-8-6-10-23(13-20)27-4/h5-11,13,19,22,26H,1,12,14-18H2,2-4H3/t22-/m1/s1. The quantitative estimate of drug-likeness (QED) is 0.422. The lowest BCUT2D eigenvalue weighted by Crippen LogP contribution is -2.37. The summed E-state index contributed by atoms with van der Waals surface area (Å²) in [4.78, 5) is 2.30. The van der Waals surface area contributed by atoms with Gasteiger partial charge in [0, 0.05) is 38.1 Å². The monoisotopic (exact) mass is 386 g/mol. The van der Waals surface area contributed by atoms with Crippen LogP contribution in [0.2, 0.25) is 0 Å². The average molecular weight is 387 g/mol. The minimum atomic E-state index is -0.513. The molecule has 2 rings (SSSR count). The zero-order valence-electron chi connectivity index (χ0n) is 17.4. The molecule has 5 heteroatoms. The van der Waals surface area contributed by atoms with E-state index in [9.17, 15) is 5.11 Å². The summed E-state index contributed by atoms with van der Waals surface area (Å²) in [6.45, 7) is 11.9. The molecule has 5 nitrogen and oxygen atoms in total. The Hall–Kier alpha value is -2.08. The van der Waals surface area contributed by atoms with Crippen LogP contribution >= 0.6 is 0 Å². The van der Waals surface area contributed by atoms with Gasteiger partial charge in [-0.15, -0.1) is 6.58 Å². The number of aromatic nitrogens is 1. The van der Waals surface area contributed by atoms with Gasteiger partial charge in [0.05, 0.1) is 26.4 Å². The van der Waals surface area contributed by atoms with Crippen LogP contribution in [0.3, 0.4) is 0 Å². The predicted molar refractivity (Wildman–Crippen MR) is 114 cm³/mol. The molecule has 2 aromatic rings. The lowest BCUT2D eigenvalue weighted by Gasteiger charge is -2.27. The van der Waals surface area contributed by atoms with Gasteiger partial charge >= 0.3 is 0 Å². The summed E-state index contributed by atoms with van der Waals surface area (Å²) < 4.78 is 13.0. The summed E-state index contributed by atoms with van der Waals surface area (Å²) >= 11 is 0. The number of benzene rings is 1. The fraction of sp³-hybridized carbons (Fsp3) is 0.478. The summed E-state index contributed by atoms with van der Waals surface area (Å²) in [6, 6.07) is 12.4. The molecule has 0 amide bonds. The molecule has 1 N–H and O–H groups in total. The fourth-order valence-corrected chi connectivity index (χ4v) is 3.30. The third-order valence-electron chi connectivity index (χ3n) is 4.43. The number of aliphatic hydroxyl groups is 1. The first kappa shape index (κ1) is 22.2. The number of ether oxygens (including phenoxy) is 2. The molecule has 0 aliphatic carbocycles. The Labute approximate surface area is 169 Å². The van der Waals surface area contributed by atoms with Crippen LogP contribution < -0.4 is 4.74 Å². The van der Waals surface area contributed by atoms with Crippen LogP contribution in [0.4, 0.5) is 0 Å². The van der Waals surface area contributed by atoms with Crippen molar-refractivity contribution in [3.8, 4) is 5.75 Å². The molecular formula is C23H34N2O3. The van der Waals surface area contributed by atoms with Gasteiger partial charge in [-0.05, 0) is 35.7 Å². The van der Waals surface area contributed by atoms with Crippen molar-refractivity contribution in [1.29, 1.82) is 0 Å². The maximum Gasteiger partial charge on any atom is 0.119 e. The molecule has 0 fully saturated rings. The molecular weight excluding hydrogens is 352 g/mol. The Morgan fingerprint density at radius 2 is 2.04 bits per heavy atom. The van der Waals surface area contributed by atoms with Gasteiger partial charge in [0.25, 0.3) is 0 Å². The number of hydrogen-bond donors (Lipinski definition) is 1. The second-order valence-electron chi connectivity index (χ2n) is 7.55. The first-order valence-corrected chi connectivity index (χ1v) is 9.87. The van der Waals surface area contributed by atoms with Crippen molar-refractivity contribution in [2.45, 2.75) is 33.0 Å². The highest BCUT2D eigenvalue weighted by Crippen LogP contribution is 2.16. The highest BCUT2D eigenvalue weighted by molar-refractivity contribution is 5.29. The van der Waals surface area contributed by atoms with E-state index in [2.05, 4.69) is 60.4 Å². The first-order valence-electron chi connectivity index (χ1n) is 9.87. The van der Waals surface area contributed by atoms with Gasteiger partial charge in [0.15, 0.2) is 0 Å². The molecule has 0 unspecified atom stereocenters. The lowest BCUT2D eigenvalue weighted by atomic mass is 10.2. The Kier molecular flexibility index (Phi) is 9.28. The lowest BCUT2D eigenvalue weighted by molar-refractivity contribution is 0.0219. The van der Waals surface area contributed by atoms with Crippen molar-refractivity contribution in [2.75, 3.05) is 33.4 Å². The Bertz CT molecular complexity index is 711. The Balaban J connectivity index is 2.03. The van der Waals surface area contributed by atoms with E-state index in [1.807, 2.05) is 12.1 Å². The van der Waals surface area contributed by atoms with Crippen molar-refractivity contribution < 1.29 is 14.6 Å². The maximum absolute atomic E-state index is 10.3. The van der Waals surface area contributed by atoms with E-state index in [1.165, 1.54) is 11.3 Å². The van der Waals surface area contributed by atoms with Gasteiger partial charge in [-0.2, -0.15) is 0 Å². The van der Waals surface area contributed by atoms with Crippen LogP contribution in [-0.4, -0.2) is 54.1 Å². The smallest absolute Gasteiger partial charge is 0.119 e. The second-order valence-corrected chi connectivity index (χ2v) is 7.55. The zero-order valence-corrected chi connectivity index (χ0v) is 17.4. The predicted octanol–water partition coefficient (Wildman–Crippen LogP) is 3.57. The van der Waals surface area contributed by atoms with E-state index in [-0.39, 0.29) is 0 Å². The highest BCUT2D eigenvalue weighted by Gasteiger charge is 2.15. The number of aliphatic hydroxyl groups excluding tert-OH is 1. The van der Waals surface area contributed by atoms with Crippen molar-refractivity contribution in [3.05, 3.63) is 66.5 Å². The number of rotatable bonds is 13. The molecule has 28 heavy (non-hydrogen) atoms. The van der Waals surface area contributed by atoms with E-state index in [0.29, 0.717) is 25.7 Å². The molecule has 0 aliphatic heterocycles. The molecule has 1 heterocycles. The van der Waals surface area contributed by atoms with Gasteiger partial charge in [-0.25, -0.2) is 0 Å². The van der Waals surface area contributed by atoms with Crippen molar-refractivity contribution >= 4 is 0 Å². The molecule has 0 spiro atoms. The molecule has 1 aromatic carbocycles. The van der Waals surface area contributed by atoms with E-state index in [0.717, 1.165) is 25.4 Å². The van der Waals surface area contributed by atoms with Crippen molar-refractivity contribution in [2.24, 2.45) is 5.92 Å². The first-order chi connectivity index (χ1) is 13.5. The van der Waals surface area contributed by atoms with E-state index in [1.54, 1.807) is 13.2 Å². The van der Waals surface area contributed by atoms with Crippen molar-refractivity contribution in [3.63, 3.8) is 0 Å². The third kappa shape index (κ3) is 7.50. The molecule has 1 atom stereocenters. The van der Waals surface area contributed by atoms with E-state index >= 15 is 0 Å². The van der Waals surface area contributed by atoms with Crippen LogP contribution in [0, 0.1) is 5.92 Å². The normalized spacial score (nSPS) is 12.5. The number of methoxy groups -OCH3 is 1. The minimum Gasteiger partial charge on any atom is -0.497 e. The second kappa shape index (κ2) is 11.7. The summed E-state index contributed by atoms with van der Waals surface area (Å²) in [6.07, 6.45) is 3.29. The molecule has 0 saturated carbocycles. The highest BCUT2D eigenvalue weighted by atomic mass is 16.5. The van der Waals surface area contributed by atoms with E-state index < -0.39 is 6.10 Å². The zero-order chi connectivity index (χ0) is 20.4. The van der Waals surface area contributed by atoms with Gasteiger partial charge in [0.2, 0.25) is 0 Å². The summed E-state index contributed by atoms with van der Waals surface area (Å²) in [5.74, 6) is 1.39. The van der Waals surface area contributed by atoms with Crippen LogP contribution in [0.1, 0.15) is 25.1 Å². The van der Waals surface area contributed by atoms with Gasteiger partial charge < -0.3 is 19.1 Å². The van der Waals surface area contributed by atoms with Gasteiger partial charge in [0.1, 0.15) is 5.75 Å². The molecule has 154 valence electrons. The third-order valence-corrected chi connectivity index (χ3v) is 4.43. The SMILES string of the molecule is C=CCOC[C@H](O)CN(Cc1cccn1Cc1cccc(OC)c1)CC(C)C. The van der Waals surface area contributed by atoms with Crippen LogP contribution in [0.5, 0.6) is 5.75 Å². The Morgan fingerprint density at radius 1 is 1.21 bits per heavy atom. The van der Waals surface area contributed by atoms with Crippen molar-refractivity contribution in [1.82, 2.24) is 9.47 Å². The number of hydrogen-bond acceptors (Lipinski definition) is 4. The largest absolute Gasteiger partial charge is 0.497 e. The minimum absolute atomic E-state index is 0.325. The maximum atomic E-state index is 10.3. The van der Waals surface area contributed by atoms with Crippen LogP contribution in [0.15, 0.2) is 55.3 Å².